The van der Waals surface area contributed by atoms with Crippen molar-refractivity contribution in [1.82, 2.24) is 5.32 Å². The number of allylic oxidation sites excluding steroid dienone is 9. The third-order valence-corrected chi connectivity index (χ3v) is 14.4. The van der Waals surface area contributed by atoms with Crippen LogP contribution >= 0.6 is 0 Å². The van der Waals surface area contributed by atoms with E-state index in [1.54, 1.807) is 6.08 Å². The predicted octanol–water partition coefficient (Wildman–Crippen LogP) is 14.6. The first-order chi connectivity index (χ1) is 36.7. The summed E-state index contributed by atoms with van der Waals surface area (Å²) in [4.78, 5) is 26.5. The number of carbonyl (C=O) groups is 2. The molecule has 1 aliphatic heterocycles. The molecule has 1 aliphatic rings. The van der Waals surface area contributed by atoms with Crippen molar-refractivity contribution in [3.05, 3.63) is 60.8 Å². The maximum absolute atomic E-state index is 13.4. The Morgan fingerprint density at radius 3 is 1.40 bits per heavy atom. The fourth-order valence-corrected chi connectivity index (χ4v) is 9.46. The summed E-state index contributed by atoms with van der Waals surface area (Å²) >= 11 is 0. The molecule has 0 aliphatic carbocycles. The van der Waals surface area contributed by atoms with Gasteiger partial charge in [0.15, 0.2) is 12.4 Å². The van der Waals surface area contributed by atoms with Crippen LogP contribution in [0.15, 0.2) is 60.8 Å². The molecule has 11 heteroatoms. The highest BCUT2D eigenvalue weighted by atomic mass is 16.7. The second kappa shape index (κ2) is 52.1. The van der Waals surface area contributed by atoms with Gasteiger partial charge >= 0.3 is 5.97 Å². The first-order valence-electron chi connectivity index (χ1n) is 31.1. The van der Waals surface area contributed by atoms with Gasteiger partial charge in [-0.1, -0.05) is 255 Å². The molecule has 0 bridgehead atoms. The van der Waals surface area contributed by atoms with Crippen molar-refractivity contribution in [1.29, 1.82) is 0 Å². The molecular weight excluding hydrogens is 943 g/mol. The highest BCUT2D eigenvalue weighted by Crippen LogP contribution is 2.26. The molecule has 1 rings (SSSR count). The van der Waals surface area contributed by atoms with E-state index in [0.29, 0.717) is 12.8 Å². The summed E-state index contributed by atoms with van der Waals surface area (Å²) in [6.45, 7) is 5.75. The van der Waals surface area contributed by atoms with Crippen LogP contribution < -0.4 is 5.32 Å². The number of carbonyl (C=O) groups excluding carboxylic acids is 2. The Morgan fingerprint density at radius 2 is 0.920 bits per heavy atom. The number of aliphatic hydroxyl groups excluding tert-OH is 5. The van der Waals surface area contributed by atoms with E-state index in [-0.39, 0.29) is 19.4 Å². The van der Waals surface area contributed by atoms with E-state index in [1.165, 1.54) is 141 Å². The van der Waals surface area contributed by atoms with E-state index in [4.69, 9.17) is 14.2 Å². The summed E-state index contributed by atoms with van der Waals surface area (Å²) in [7, 11) is 0. The van der Waals surface area contributed by atoms with Crippen molar-refractivity contribution in [2.75, 3.05) is 13.2 Å². The van der Waals surface area contributed by atoms with Crippen LogP contribution in [-0.4, -0.2) is 99.6 Å². The zero-order chi connectivity index (χ0) is 54.7. The molecule has 1 saturated heterocycles. The quantitative estimate of drug-likeness (QED) is 0.0195. The highest BCUT2D eigenvalue weighted by molar-refractivity contribution is 5.80. The van der Waals surface area contributed by atoms with Gasteiger partial charge in [0, 0.05) is 6.42 Å². The van der Waals surface area contributed by atoms with E-state index in [0.717, 1.165) is 83.5 Å². The number of hydrogen-bond acceptors (Lipinski definition) is 10. The molecule has 1 amide bonds. The minimum absolute atomic E-state index is 0.123. The van der Waals surface area contributed by atoms with Gasteiger partial charge in [0.25, 0.3) is 0 Å². The van der Waals surface area contributed by atoms with E-state index in [9.17, 15) is 35.1 Å². The van der Waals surface area contributed by atoms with Gasteiger partial charge in [0.2, 0.25) is 5.91 Å². The molecule has 0 aromatic heterocycles. The Hall–Kier alpha value is -2.64. The normalized spacial score (nSPS) is 19.6. The Balaban J connectivity index is 2.68. The smallest absolute Gasteiger partial charge is 0.306 e. The number of aliphatic hydroxyl groups is 5. The SMILES string of the molecule is CCCCC/C=C\C/C=C\C/C=C\C/C=C\CCCCCCC(O)C(=O)NC(COC1OC(CO)C(O)C(O)C1OC(=O)CCCCCCCCCCCCCCCCC)C(O)/C=C/CCCCCCCCCCC. The van der Waals surface area contributed by atoms with Gasteiger partial charge < -0.3 is 45.1 Å². The highest BCUT2D eigenvalue weighted by Gasteiger charge is 2.47. The first-order valence-corrected chi connectivity index (χ1v) is 31.1. The van der Waals surface area contributed by atoms with Crippen LogP contribution in [0.5, 0.6) is 0 Å². The average molecular weight is 1060 g/mol. The number of nitrogens with one attached hydrogen (secondary N) is 1. The van der Waals surface area contributed by atoms with E-state index < -0.39 is 67.4 Å². The minimum Gasteiger partial charge on any atom is -0.454 e. The van der Waals surface area contributed by atoms with Crippen LogP contribution in [0.25, 0.3) is 0 Å². The van der Waals surface area contributed by atoms with Crippen molar-refractivity contribution in [3.8, 4) is 0 Å². The van der Waals surface area contributed by atoms with Crippen molar-refractivity contribution in [2.24, 2.45) is 0 Å². The fourth-order valence-electron chi connectivity index (χ4n) is 9.46. The Kier molecular flexibility index (Phi) is 48.9. The number of ether oxygens (including phenoxy) is 3. The van der Waals surface area contributed by atoms with Crippen LogP contribution in [0.3, 0.4) is 0 Å². The van der Waals surface area contributed by atoms with Gasteiger partial charge in [0.05, 0.1) is 25.4 Å². The maximum atomic E-state index is 13.4. The van der Waals surface area contributed by atoms with Crippen LogP contribution in [0.2, 0.25) is 0 Å². The molecule has 436 valence electrons. The topological polar surface area (TPSA) is 175 Å². The monoisotopic (exact) mass is 1060 g/mol. The van der Waals surface area contributed by atoms with E-state index in [2.05, 4.69) is 74.7 Å². The summed E-state index contributed by atoms with van der Waals surface area (Å²) in [5, 5.41) is 56.9. The molecule has 75 heavy (non-hydrogen) atoms. The Bertz CT molecular complexity index is 1450. The number of hydrogen-bond donors (Lipinski definition) is 6. The molecule has 6 N–H and O–H groups in total. The van der Waals surface area contributed by atoms with Crippen molar-refractivity contribution in [2.45, 2.75) is 320 Å². The lowest BCUT2D eigenvalue weighted by Crippen LogP contribution is -2.61. The summed E-state index contributed by atoms with van der Waals surface area (Å²) in [6, 6.07) is -1.03. The number of esters is 1. The van der Waals surface area contributed by atoms with Crippen molar-refractivity contribution < 1.29 is 49.3 Å². The molecule has 11 nitrogen and oxygen atoms in total. The van der Waals surface area contributed by atoms with E-state index in [1.807, 2.05) is 6.08 Å². The van der Waals surface area contributed by atoms with Crippen molar-refractivity contribution in [3.63, 3.8) is 0 Å². The van der Waals surface area contributed by atoms with Crippen LogP contribution in [0, 0.1) is 0 Å². The minimum atomic E-state index is -1.62. The van der Waals surface area contributed by atoms with Gasteiger partial charge in [0.1, 0.15) is 24.4 Å². The van der Waals surface area contributed by atoms with Crippen LogP contribution in [0.1, 0.15) is 271 Å². The van der Waals surface area contributed by atoms with E-state index >= 15 is 0 Å². The molecule has 8 atom stereocenters. The molecule has 0 radical (unpaired) electrons. The number of amides is 1. The lowest BCUT2D eigenvalue weighted by atomic mass is 9.99. The first kappa shape index (κ1) is 70.4. The van der Waals surface area contributed by atoms with Crippen molar-refractivity contribution >= 4 is 11.9 Å². The lowest BCUT2D eigenvalue weighted by molar-refractivity contribution is -0.305. The van der Waals surface area contributed by atoms with Crippen LogP contribution in [0.4, 0.5) is 0 Å². The second-order valence-corrected chi connectivity index (χ2v) is 21.4. The molecule has 8 unspecified atom stereocenters. The Labute approximate surface area is 458 Å². The molecule has 1 fully saturated rings. The zero-order valence-corrected chi connectivity index (χ0v) is 48.2. The fraction of sp³-hybridized carbons (Fsp3) is 0.812. The molecule has 0 saturated carbocycles. The molecule has 0 aromatic rings. The number of rotatable bonds is 52. The number of unbranched alkanes of at least 4 members (excludes halogenated alkanes) is 30. The predicted molar refractivity (Wildman–Crippen MR) is 310 cm³/mol. The van der Waals surface area contributed by atoms with Gasteiger partial charge in [-0.15, -0.1) is 0 Å². The third-order valence-electron chi connectivity index (χ3n) is 14.4. The van der Waals surface area contributed by atoms with Crippen LogP contribution in [-0.2, 0) is 23.8 Å². The summed E-state index contributed by atoms with van der Waals surface area (Å²) in [6.07, 6.45) is 54.0. The standard InChI is InChI=1S/C64H115NO10/c1-4-7-10-13-16-19-22-24-26-27-28-29-30-32-33-36-39-42-45-48-51-57(68)63(72)65-55(56(67)50-47-44-41-38-35-21-18-15-12-9-6-3)54-73-64-62(61(71)60(70)58(53-66)74-64)75-59(69)52-49-46-43-40-37-34-31-25-23-20-17-14-11-8-5-2/h16,19,24,26,28-29,32-33,47,50,55-58,60-62,64,66-68,70-71H,4-15,17-18,20-23,25,27,30-31,34-46,48-49,51-54H2,1-3H3,(H,65,72)/b19-16-,26-24-,29-28-,33-32-,50-47+. The molecule has 1 heterocycles. The molecule has 0 spiro atoms. The Morgan fingerprint density at radius 1 is 0.520 bits per heavy atom. The van der Waals surface area contributed by atoms with Gasteiger partial charge in [-0.3, -0.25) is 9.59 Å². The second-order valence-electron chi connectivity index (χ2n) is 21.4. The van der Waals surface area contributed by atoms with Gasteiger partial charge in [-0.25, -0.2) is 0 Å². The largest absolute Gasteiger partial charge is 0.454 e. The zero-order valence-electron chi connectivity index (χ0n) is 48.2. The third kappa shape index (κ3) is 40.2. The summed E-state index contributed by atoms with van der Waals surface area (Å²) in [5.74, 6) is -1.21. The maximum Gasteiger partial charge on any atom is 0.306 e. The summed E-state index contributed by atoms with van der Waals surface area (Å²) in [5.41, 5.74) is 0. The molecular formula is C64H115NO10. The summed E-state index contributed by atoms with van der Waals surface area (Å²) < 4.78 is 17.6. The van der Waals surface area contributed by atoms with Gasteiger partial charge in [-0.05, 0) is 70.6 Å². The van der Waals surface area contributed by atoms with Gasteiger partial charge in [-0.2, -0.15) is 0 Å². The lowest BCUT2D eigenvalue weighted by Gasteiger charge is -2.41. The molecule has 0 aromatic carbocycles. The average Bonchev–Trinajstić information content (AvgIpc) is 3.41.